The average molecular weight is 484 g/mol. The van der Waals surface area contributed by atoms with Crippen LogP contribution in [0.4, 0.5) is 11.4 Å². The number of nitrogen functional groups attached to an aromatic ring is 1. The summed E-state index contributed by atoms with van der Waals surface area (Å²) in [5.41, 5.74) is 11.5. The lowest BCUT2D eigenvalue weighted by atomic mass is 9.97. The summed E-state index contributed by atoms with van der Waals surface area (Å²) in [7, 11) is 6.71. The summed E-state index contributed by atoms with van der Waals surface area (Å²) in [4.78, 5) is 12.5. The molecule has 0 aliphatic rings. The van der Waals surface area contributed by atoms with Gasteiger partial charge in [0, 0.05) is 35.8 Å². The van der Waals surface area contributed by atoms with Crippen LogP contribution in [0.3, 0.4) is 0 Å². The van der Waals surface area contributed by atoms with Crippen LogP contribution in [0.15, 0.2) is 73.4 Å². The third-order valence-corrected chi connectivity index (χ3v) is 6.01. The minimum absolute atomic E-state index is 0.261. The molecular formula is C29H29N3O4. The highest BCUT2D eigenvalue weighted by atomic mass is 16.5. The van der Waals surface area contributed by atoms with E-state index in [1.54, 1.807) is 39.5 Å². The molecule has 0 aliphatic heterocycles. The molecule has 0 saturated heterocycles. The molecule has 1 aromatic heterocycles. The Hall–Kier alpha value is -4.65. The monoisotopic (exact) mass is 483 g/mol. The Labute approximate surface area is 210 Å². The molecular weight excluding hydrogens is 454 g/mol. The van der Waals surface area contributed by atoms with E-state index in [0.717, 1.165) is 33.2 Å². The SMILES string of the molecule is C=C(c1cc(OC)c(OC)c(OC)c1)c1ccc2c(c1)c(/C=C/C(=O)Nc1ccccc1N)cn2C. The van der Waals surface area contributed by atoms with Gasteiger partial charge in [0.15, 0.2) is 11.5 Å². The van der Waals surface area contributed by atoms with Crippen LogP contribution in [0.25, 0.3) is 22.6 Å². The number of fused-ring (bicyclic) bond motifs is 1. The first kappa shape index (κ1) is 24.5. The number of methoxy groups -OCH3 is 3. The number of hydrogen-bond acceptors (Lipinski definition) is 5. The number of nitrogens with two attached hydrogens (primary N) is 1. The molecule has 4 rings (SSSR count). The highest BCUT2D eigenvalue weighted by Gasteiger charge is 2.16. The highest BCUT2D eigenvalue weighted by molar-refractivity contribution is 6.05. The number of benzene rings is 3. The van der Waals surface area contributed by atoms with Crippen molar-refractivity contribution in [3.05, 3.63) is 90.1 Å². The van der Waals surface area contributed by atoms with Crippen molar-refractivity contribution in [1.82, 2.24) is 4.57 Å². The van der Waals surface area contributed by atoms with E-state index in [2.05, 4.69) is 18.0 Å². The number of hydrogen-bond donors (Lipinski definition) is 2. The Morgan fingerprint density at radius 3 is 2.31 bits per heavy atom. The number of ether oxygens (including phenoxy) is 3. The predicted molar refractivity (Wildman–Crippen MR) is 146 cm³/mol. The Bertz CT molecular complexity index is 1460. The van der Waals surface area contributed by atoms with Crippen LogP contribution in [0, 0.1) is 0 Å². The normalized spacial score (nSPS) is 11.0. The molecule has 3 aromatic carbocycles. The molecule has 0 aliphatic carbocycles. The first-order valence-electron chi connectivity index (χ1n) is 11.3. The van der Waals surface area contributed by atoms with Crippen molar-refractivity contribution in [2.45, 2.75) is 0 Å². The number of aromatic nitrogens is 1. The average Bonchev–Trinajstić information content (AvgIpc) is 3.22. The van der Waals surface area contributed by atoms with E-state index in [4.69, 9.17) is 19.9 Å². The van der Waals surface area contributed by atoms with Gasteiger partial charge in [-0.05, 0) is 59.2 Å². The van der Waals surface area contributed by atoms with E-state index in [0.29, 0.717) is 28.6 Å². The van der Waals surface area contributed by atoms with Crippen LogP contribution in [0.2, 0.25) is 0 Å². The Balaban J connectivity index is 1.66. The number of carbonyl (C=O) groups is 1. The van der Waals surface area contributed by atoms with Gasteiger partial charge in [0.1, 0.15) is 0 Å². The van der Waals surface area contributed by atoms with Crippen molar-refractivity contribution in [3.63, 3.8) is 0 Å². The minimum atomic E-state index is -0.261. The largest absolute Gasteiger partial charge is 0.493 e. The van der Waals surface area contributed by atoms with Crippen molar-refractivity contribution in [3.8, 4) is 17.2 Å². The molecule has 0 atom stereocenters. The van der Waals surface area contributed by atoms with Crippen LogP contribution < -0.4 is 25.3 Å². The van der Waals surface area contributed by atoms with Gasteiger partial charge in [0.2, 0.25) is 11.7 Å². The molecule has 0 unspecified atom stereocenters. The quantitative estimate of drug-likeness (QED) is 0.255. The molecule has 7 nitrogen and oxygen atoms in total. The van der Waals surface area contributed by atoms with Gasteiger partial charge in [-0.3, -0.25) is 4.79 Å². The first-order valence-corrected chi connectivity index (χ1v) is 11.3. The van der Waals surface area contributed by atoms with Gasteiger partial charge in [-0.15, -0.1) is 0 Å². The number of nitrogens with one attached hydrogen (secondary N) is 1. The fourth-order valence-electron chi connectivity index (χ4n) is 4.12. The van der Waals surface area contributed by atoms with E-state index in [1.807, 2.05) is 54.2 Å². The molecule has 3 N–H and O–H groups in total. The van der Waals surface area contributed by atoms with Crippen LogP contribution in [0.1, 0.15) is 16.7 Å². The number of para-hydroxylation sites is 2. The molecule has 4 aromatic rings. The standard InChI is InChI=1S/C29H29N3O4/c1-18(21-15-26(34-3)29(36-5)27(16-21)35-4)19-10-12-25-22(14-19)20(17-32(25)2)11-13-28(33)31-24-9-7-6-8-23(24)30/h6-17H,1,30H2,2-5H3,(H,31,33)/b13-11+. The molecule has 36 heavy (non-hydrogen) atoms. The van der Waals surface area contributed by atoms with E-state index in [1.165, 1.54) is 6.08 Å². The Morgan fingerprint density at radius 2 is 1.67 bits per heavy atom. The second-order valence-corrected chi connectivity index (χ2v) is 8.23. The lowest BCUT2D eigenvalue weighted by Crippen LogP contribution is -2.09. The second kappa shape index (κ2) is 10.3. The molecule has 7 heteroatoms. The summed E-state index contributed by atoms with van der Waals surface area (Å²) in [6.07, 6.45) is 5.28. The van der Waals surface area contributed by atoms with Crippen molar-refractivity contribution in [2.75, 3.05) is 32.4 Å². The number of nitrogens with zero attached hydrogens (tertiary/aromatic N) is 1. The number of rotatable bonds is 8. The fraction of sp³-hybridized carbons (Fsp3) is 0.138. The molecule has 0 radical (unpaired) electrons. The third-order valence-electron chi connectivity index (χ3n) is 6.01. The van der Waals surface area contributed by atoms with Gasteiger partial charge < -0.3 is 29.8 Å². The van der Waals surface area contributed by atoms with Crippen LogP contribution >= 0.6 is 0 Å². The first-order chi connectivity index (χ1) is 17.4. The van der Waals surface area contributed by atoms with Gasteiger partial charge in [0.25, 0.3) is 0 Å². The Kier molecular flexibility index (Phi) is 7.01. The molecule has 0 spiro atoms. The van der Waals surface area contributed by atoms with E-state index < -0.39 is 0 Å². The topological polar surface area (TPSA) is 87.7 Å². The maximum absolute atomic E-state index is 12.5. The summed E-state index contributed by atoms with van der Waals surface area (Å²) >= 11 is 0. The predicted octanol–water partition coefficient (Wildman–Crippen LogP) is 5.50. The van der Waals surface area contributed by atoms with Crippen molar-refractivity contribution in [2.24, 2.45) is 7.05 Å². The van der Waals surface area contributed by atoms with Gasteiger partial charge in [-0.2, -0.15) is 0 Å². The zero-order valence-electron chi connectivity index (χ0n) is 20.8. The molecule has 1 heterocycles. The lowest BCUT2D eigenvalue weighted by molar-refractivity contribution is -0.111. The molecule has 0 bridgehead atoms. The maximum atomic E-state index is 12.5. The van der Waals surface area contributed by atoms with Crippen LogP contribution in [-0.4, -0.2) is 31.8 Å². The van der Waals surface area contributed by atoms with Crippen molar-refractivity contribution < 1.29 is 19.0 Å². The second-order valence-electron chi connectivity index (χ2n) is 8.23. The van der Waals surface area contributed by atoms with Crippen LogP contribution in [0.5, 0.6) is 17.2 Å². The smallest absolute Gasteiger partial charge is 0.248 e. The maximum Gasteiger partial charge on any atom is 0.248 e. The number of aryl methyl sites for hydroxylation is 1. The fourth-order valence-corrected chi connectivity index (χ4v) is 4.12. The van der Waals surface area contributed by atoms with E-state index >= 15 is 0 Å². The van der Waals surface area contributed by atoms with Gasteiger partial charge >= 0.3 is 0 Å². The van der Waals surface area contributed by atoms with Crippen molar-refractivity contribution >= 4 is 39.8 Å². The molecule has 0 fully saturated rings. The van der Waals surface area contributed by atoms with Gasteiger partial charge in [0.05, 0.1) is 32.7 Å². The zero-order valence-corrected chi connectivity index (χ0v) is 20.8. The number of anilines is 2. The van der Waals surface area contributed by atoms with Crippen molar-refractivity contribution in [1.29, 1.82) is 0 Å². The Morgan fingerprint density at radius 1 is 0.972 bits per heavy atom. The summed E-state index contributed by atoms with van der Waals surface area (Å²) in [6, 6.07) is 17.0. The van der Waals surface area contributed by atoms with Gasteiger partial charge in [-0.1, -0.05) is 24.8 Å². The third kappa shape index (κ3) is 4.77. The summed E-state index contributed by atoms with van der Waals surface area (Å²) < 4.78 is 18.5. The van der Waals surface area contributed by atoms with E-state index in [9.17, 15) is 4.79 Å². The summed E-state index contributed by atoms with van der Waals surface area (Å²) in [5, 5.41) is 3.80. The molecule has 1 amide bonds. The minimum Gasteiger partial charge on any atom is -0.493 e. The number of carbonyl (C=O) groups excluding carboxylic acids is 1. The lowest BCUT2D eigenvalue weighted by Gasteiger charge is -2.15. The highest BCUT2D eigenvalue weighted by Crippen LogP contribution is 2.41. The van der Waals surface area contributed by atoms with Crippen LogP contribution in [-0.2, 0) is 11.8 Å². The van der Waals surface area contributed by atoms with Gasteiger partial charge in [-0.25, -0.2) is 0 Å². The summed E-state index contributed by atoms with van der Waals surface area (Å²) in [5.74, 6) is 1.38. The summed E-state index contributed by atoms with van der Waals surface area (Å²) in [6.45, 7) is 4.32. The van der Waals surface area contributed by atoms with E-state index in [-0.39, 0.29) is 5.91 Å². The molecule has 184 valence electrons. The number of amides is 1. The molecule has 0 saturated carbocycles. The zero-order chi connectivity index (χ0) is 25.8.